The van der Waals surface area contributed by atoms with Crippen molar-refractivity contribution in [3.05, 3.63) is 30.9 Å². The first-order valence-corrected chi connectivity index (χ1v) is 9.39. The zero-order valence-corrected chi connectivity index (χ0v) is 15.5. The number of amides is 1. The summed E-state index contributed by atoms with van der Waals surface area (Å²) in [5, 5.41) is 20.4. The number of tetrazole rings is 1. The Morgan fingerprint density at radius 3 is 2.52 bits per heavy atom. The first kappa shape index (κ1) is 17.4. The Morgan fingerprint density at radius 2 is 1.89 bits per heavy atom. The lowest BCUT2D eigenvalue weighted by Crippen LogP contribution is -2.49. The molecule has 0 N–H and O–H groups in total. The number of anilines is 1. The first-order valence-electron chi connectivity index (χ1n) is 8.40. The lowest BCUT2D eigenvalue weighted by molar-refractivity contribution is -0.128. The van der Waals surface area contributed by atoms with Crippen molar-refractivity contribution in [2.45, 2.75) is 5.16 Å². The Labute approximate surface area is 159 Å². The van der Waals surface area contributed by atoms with Gasteiger partial charge in [0.25, 0.3) is 0 Å². The fraction of sp³-hybridized carbons (Fsp3) is 0.400. The van der Waals surface area contributed by atoms with Crippen LogP contribution >= 0.6 is 11.8 Å². The van der Waals surface area contributed by atoms with E-state index in [0.29, 0.717) is 24.0 Å². The van der Waals surface area contributed by atoms with E-state index in [2.05, 4.69) is 35.6 Å². The van der Waals surface area contributed by atoms with Gasteiger partial charge in [-0.05, 0) is 22.6 Å². The van der Waals surface area contributed by atoms with Gasteiger partial charge in [-0.3, -0.25) is 9.36 Å². The highest BCUT2D eigenvalue weighted by atomic mass is 32.2. The van der Waals surface area contributed by atoms with Gasteiger partial charge in [0, 0.05) is 45.6 Å². The summed E-state index contributed by atoms with van der Waals surface area (Å²) in [6.45, 7) is 2.75. The van der Waals surface area contributed by atoms with E-state index in [4.69, 9.17) is 0 Å². The molecule has 4 heterocycles. The van der Waals surface area contributed by atoms with Crippen LogP contribution in [-0.2, 0) is 11.8 Å². The number of aromatic nitrogens is 8. The van der Waals surface area contributed by atoms with Crippen molar-refractivity contribution >= 4 is 23.5 Å². The molecule has 0 unspecified atom stereocenters. The number of piperazine rings is 1. The lowest BCUT2D eigenvalue weighted by atomic mass is 10.3. The van der Waals surface area contributed by atoms with Gasteiger partial charge in [-0.15, -0.1) is 15.3 Å². The molecule has 27 heavy (non-hydrogen) atoms. The van der Waals surface area contributed by atoms with Crippen molar-refractivity contribution in [2.24, 2.45) is 7.05 Å². The normalized spacial score (nSPS) is 14.6. The molecule has 1 saturated heterocycles. The molecule has 3 aromatic heterocycles. The number of nitrogens with zero attached hydrogens (tertiary/aromatic N) is 10. The molecule has 1 fully saturated rings. The summed E-state index contributed by atoms with van der Waals surface area (Å²) in [6.07, 6.45) is 5.21. The topological polar surface area (TPSA) is 111 Å². The van der Waals surface area contributed by atoms with Gasteiger partial charge in [-0.2, -0.15) is 0 Å². The summed E-state index contributed by atoms with van der Waals surface area (Å²) in [7, 11) is 1.75. The number of hydrogen-bond acceptors (Lipinski definition) is 9. The SMILES string of the molecule is Cn1nnnc1SCC(=O)N1CCN(c2ccc(-n3ccnc3)nn2)CC1. The number of rotatable bonds is 5. The molecule has 0 aliphatic carbocycles. The lowest BCUT2D eigenvalue weighted by Gasteiger charge is -2.35. The van der Waals surface area contributed by atoms with E-state index in [-0.39, 0.29) is 5.91 Å². The highest BCUT2D eigenvalue weighted by Crippen LogP contribution is 2.17. The van der Waals surface area contributed by atoms with Crippen molar-refractivity contribution in [3.8, 4) is 5.82 Å². The number of imidazole rings is 1. The number of thioether (sulfide) groups is 1. The average Bonchev–Trinajstić information content (AvgIpc) is 3.38. The van der Waals surface area contributed by atoms with Crippen LogP contribution in [0.3, 0.4) is 0 Å². The average molecular weight is 386 g/mol. The Hall–Kier alpha value is -3.02. The van der Waals surface area contributed by atoms with Gasteiger partial charge < -0.3 is 9.80 Å². The molecule has 0 spiro atoms. The van der Waals surface area contributed by atoms with E-state index in [0.717, 1.165) is 24.7 Å². The molecule has 0 atom stereocenters. The van der Waals surface area contributed by atoms with Crippen LogP contribution in [0.5, 0.6) is 0 Å². The number of carbonyl (C=O) groups excluding carboxylic acids is 1. The number of hydrogen-bond donors (Lipinski definition) is 0. The Balaban J connectivity index is 1.29. The summed E-state index contributed by atoms with van der Waals surface area (Å²) >= 11 is 1.35. The molecule has 0 radical (unpaired) electrons. The first-order chi connectivity index (χ1) is 13.2. The molecule has 1 aliphatic heterocycles. The molecule has 1 amide bonds. The molecule has 1 aliphatic rings. The minimum absolute atomic E-state index is 0.0872. The summed E-state index contributed by atoms with van der Waals surface area (Å²) in [6, 6.07) is 3.85. The molecule has 4 rings (SSSR count). The highest BCUT2D eigenvalue weighted by Gasteiger charge is 2.22. The molecule has 12 heteroatoms. The quantitative estimate of drug-likeness (QED) is 0.542. The monoisotopic (exact) mass is 386 g/mol. The fourth-order valence-electron chi connectivity index (χ4n) is 2.77. The van der Waals surface area contributed by atoms with Crippen molar-refractivity contribution in [3.63, 3.8) is 0 Å². The highest BCUT2D eigenvalue weighted by molar-refractivity contribution is 7.99. The summed E-state index contributed by atoms with van der Waals surface area (Å²) in [5.41, 5.74) is 0. The van der Waals surface area contributed by atoms with Crippen LogP contribution in [0.25, 0.3) is 5.82 Å². The summed E-state index contributed by atoms with van der Waals surface area (Å²) in [5.74, 6) is 1.95. The molecule has 0 aromatic carbocycles. The molecule has 140 valence electrons. The second-order valence-electron chi connectivity index (χ2n) is 5.96. The maximum absolute atomic E-state index is 12.4. The summed E-state index contributed by atoms with van der Waals surface area (Å²) in [4.78, 5) is 20.4. The van der Waals surface area contributed by atoms with Crippen molar-refractivity contribution < 1.29 is 4.79 Å². The van der Waals surface area contributed by atoms with Gasteiger partial charge in [-0.1, -0.05) is 11.8 Å². The zero-order chi connectivity index (χ0) is 18.6. The minimum Gasteiger partial charge on any atom is -0.352 e. The molecular formula is C15H18N10OS. The fourth-order valence-corrected chi connectivity index (χ4v) is 3.52. The van der Waals surface area contributed by atoms with Gasteiger partial charge in [-0.25, -0.2) is 9.67 Å². The van der Waals surface area contributed by atoms with Gasteiger partial charge >= 0.3 is 0 Å². The third-order valence-electron chi connectivity index (χ3n) is 4.27. The second kappa shape index (κ2) is 7.70. The van der Waals surface area contributed by atoms with Crippen LogP contribution in [0.15, 0.2) is 36.0 Å². The third kappa shape index (κ3) is 3.89. The van der Waals surface area contributed by atoms with E-state index in [1.807, 2.05) is 23.2 Å². The van der Waals surface area contributed by atoms with E-state index < -0.39 is 0 Å². The molecule has 11 nitrogen and oxygen atoms in total. The zero-order valence-electron chi connectivity index (χ0n) is 14.7. The van der Waals surface area contributed by atoms with Crippen LogP contribution in [0.4, 0.5) is 5.82 Å². The predicted molar refractivity (Wildman–Crippen MR) is 97.5 cm³/mol. The van der Waals surface area contributed by atoms with Crippen LogP contribution in [0, 0.1) is 0 Å². The molecule has 3 aromatic rings. The number of aryl methyl sites for hydroxylation is 1. The van der Waals surface area contributed by atoms with Crippen LogP contribution in [-0.4, -0.2) is 82.7 Å². The molecule has 0 saturated carbocycles. The van der Waals surface area contributed by atoms with Crippen molar-refractivity contribution in [2.75, 3.05) is 36.8 Å². The minimum atomic E-state index is 0.0872. The predicted octanol–water partition coefficient (Wildman–Crippen LogP) is -0.373. The smallest absolute Gasteiger partial charge is 0.233 e. The number of carbonyl (C=O) groups is 1. The standard InChI is InChI=1S/C15H18N10OS/c1-22-15(19-20-21-22)27-10-14(26)24-8-6-23(7-9-24)12-2-3-13(18-17-12)25-5-4-16-11-25/h2-5,11H,6-10H2,1H3. The Kier molecular flexibility index (Phi) is 4.96. The van der Waals surface area contributed by atoms with Crippen LogP contribution in [0.1, 0.15) is 0 Å². The van der Waals surface area contributed by atoms with E-state index in [1.165, 1.54) is 11.8 Å². The molecule has 0 bridgehead atoms. The van der Waals surface area contributed by atoms with Gasteiger partial charge in [0.15, 0.2) is 11.6 Å². The largest absolute Gasteiger partial charge is 0.352 e. The third-order valence-corrected chi connectivity index (χ3v) is 5.26. The Bertz CT molecular complexity index is 886. The van der Waals surface area contributed by atoms with Gasteiger partial charge in [0.2, 0.25) is 11.1 Å². The van der Waals surface area contributed by atoms with E-state index >= 15 is 0 Å². The van der Waals surface area contributed by atoms with Crippen molar-refractivity contribution in [1.29, 1.82) is 0 Å². The van der Waals surface area contributed by atoms with Crippen LogP contribution in [0.2, 0.25) is 0 Å². The van der Waals surface area contributed by atoms with Crippen LogP contribution < -0.4 is 4.90 Å². The van der Waals surface area contributed by atoms with Crippen molar-refractivity contribution in [1.82, 2.24) is 44.9 Å². The van der Waals surface area contributed by atoms with Gasteiger partial charge in [0.05, 0.1) is 5.75 Å². The maximum atomic E-state index is 12.4. The summed E-state index contributed by atoms with van der Waals surface area (Å²) < 4.78 is 3.36. The van der Waals surface area contributed by atoms with Gasteiger partial charge in [0.1, 0.15) is 6.33 Å². The second-order valence-corrected chi connectivity index (χ2v) is 6.90. The van der Waals surface area contributed by atoms with E-state index in [9.17, 15) is 4.79 Å². The maximum Gasteiger partial charge on any atom is 0.233 e. The molecular weight excluding hydrogens is 368 g/mol. The van der Waals surface area contributed by atoms with E-state index in [1.54, 1.807) is 28.8 Å². The Morgan fingerprint density at radius 1 is 1.11 bits per heavy atom.